The first-order valence-electron chi connectivity index (χ1n) is 19.3. The summed E-state index contributed by atoms with van der Waals surface area (Å²) in [6.45, 7) is 0. The molecule has 0 fully saturated rings. The zero-order valence-electron chi connectivity index (χ0n) is 30.7. The molecule has 0 spiro atoms. The third-order valence-corrected chi connectivity index (χ3v) is 11.3. The summed E-state index contributed by atoms with van der Waals surface area (Å²) >= 11 is 0. The fourth-order valence-electron chi connectivity index (χ4n) is 8.67. The van der Waals surface area contributed by atoms with Crippen molar-refractivity contribution in [1.82, 2.24) is 9.13 Å². The van der Waals surface area contributed by atoms with Gasteiger partial charge in [0.1, 0.15) is 0 Å². The molecule has 0 aliphatic carbocycles. The number of hydrogen-bond acceptors (Lipinski definition) is 0. The predicted octanol–water partition coefficient (Wildman–Crippen LogP) is 14.5. The van der Waals surface area contributed by atoms with E-state index in [2.05, 4.69) is 228 Å². The third kappa shape index (κ3) is 5.26. The summed E-state index contributed by atoms with van der Waals surface area (Å²) in [4.78, 5) is 0. The summed E-state index contributed by atoms with van der Waals surface area (Å²) in [5.74, 6) is 0. The van der Waals surface area contributed by atoms with Crippen molar-refractivity contribution in [1.29, 1.82) is 0 Å². The van der Waals surface area contributed by atoms with Gasteiger partial charge in [-0.05, 0) is 99.6 Å². The van der Waals surface area contributed by atoms with E-state index in [0.29, 0.717) is 0 Å². The minimum Gasteiger partial charge on any atom is -0.309 e. The standard InChI is InChI=1S/C54H36N2/c1-4-14-37(15-5-1)41-29-32-53-48(35-41)49-36-42(38-16-6-2-7-17-38)30-33-54(49)56(53)50-22-12-10-20-45(50)40-26-24-39(25-27-40)43-28-31-52-47(34-43)46-21-11-13-23-51(46)55(52)44-18-8-3-9-19-44/h1-36H. The highest BCUT2D eigenvalue weighted by molar-refractivity contribution is 6.13. The first-order valence-corrected chi connectivity index (χ1v) is 19.3. The molecule has 56 heavy (non-hydrogen) atoms. The van der Waals surface area contributed by atoms with Crippen LogP contribution in [0.4, 0.5) is 0 Å². The summed E-state index contributed by atoms with van der Waals surface area (Å²) < 4.78 is 4.82. The highest BCUT2D eigenvalue weighted by atomic mass is 15.0. The molecular formula is C54H36N2. The van der Waals surface area contributed by atoms with Gasteiger partial charge in [0.15, 0.2) is 0 Å². The Morgan fingerprint density at radius 1 is 0.232 bits per heavy atom. The Balaban J connectivity index is 1.03. The molecule has 2 heteroatoms. The highest BCUT2D eigenvalue weighted by Gasteiger charge is 2.18. The topological polar surface area (TPSA) is 9.86 Å². The van der Waals surface area contributed by atoms with E-state index in [4.69, 9.17) is 0 Å². The summed E-state index contributed by atoms with van der Waals surface area (Å²) in [5, 5.41) is 5.01. The molecule has 0 bridgehead atoms. The number of fused-ring (bicyclic) bond motifs is 6. The Bertz CT molecular complexity index is 3110. The molecule has 262 valence electrons. The normalized spacial score (nSPS) is 11.6. The SMILES string of the molecule is c1ccc(-c2ccc3c(c2)c2cc(-c4ccccc4)ccc2n3-c2ccccc2-c2ccc(-c3ccc4c(c3)c3ccccc3n4-c3ccccc3)cc2)cc1. The lowest BCUT2D eigenvalue weighted by molar-refractivity contribution is 1.18. The van der Waals surface area contributed by atoms with Crippen molar-refractivity contribution in [3.05, 3.63) is 218 Å². The van der Waals surface area contributed by atoms with Crippen molar-refractivity contribution in [2.45, 2.75) is 0 Å². The van der Waals surface area contributed by atoms with Crippen LogP contribution in [0.1, 0.15) is 0 Å². The average molecular weight is 713 g/mol. The van der Waals surface area contributed by atoms with Gasteiger partial charge in [0.2, 0.25) is 0 Å². The van der Waals surface area contributed by atoms with Gasteiger partial charge in [0.05, 0.1) is 27.8 Å². The number of benzene rings is 9. The summed E-state index contributed by atoms with van der Waals surface area (Å²) in [7, 11) is 0. The minimum absolute atomic E-state index is 1.16. The van der Waals surface area contributed by atoms with Crippen molar-refractivity contribution in [3.8, 4) is 55.9 Å². The lowest BCUT2D eigenvalue weighted by atomic mass is 9.98. The first kappa shape index (κ1) is 32.0. The summed E-state index contributed by atoms with van der Waals surface area (Å²) in [5.41, 5.74) is 16.8. The Labute approximate surface area is 325 Å². The number of para-hydroxylation sites is 3. The zero-order chi connectivity index (χ0) is 37.0. The number of rotatable bonds is 6. The number of aromatic nitrogens is 2. The predicted molar refractivity (Wildman–Crippen MR) is 237 cm³/mol. The largest absolute Gasteiger partial charge is 0.309 e. The van der Waals surface area contributed by atoms with E-state index in [-0.39, 0.29) is 0 Å². The molecule has 0 saturated heterocycles. The van der Waals surface area contributed by atoms with Gasteiger partial charge in [-0.15, -0.1) is 0 Å². The lowest BCUT2D eigenvalue weighted by Gasteiger charge is -2.15. The van der Waals surface area contributed by atoms with Crippen LogP contribution in [0.5, 0.6) is 0 Å². The second-order valence-corrected chi connectivity index (χ2v) is 14.5. The lowest BCUT2D eigenvalue weighted by Crippen LogP contribution is -1.97. The second-order valence-electron chi connectivity index (χ2n) is 14.5. The third-order valence-electron chi connectivity index (χ3n) is 11.3. The molecule has 0 unspecified atom stereocenters. The van der Waals surface area contributed by atoms with Crippen LogP contribution in [0.25, 0.3) is 99.5 Å². The van der Waals surface area contributed by atoms with Crippen LogP contribution in [0.15, 0.2) is 218 Å². The maximum absolute atomic E-state index is 2.45. The molecule has 11 aromatic rings. The quantitative estimate of drug-likeness (QED) is 0.162. The molecule has 2 nitrogen and oxygen atoms in total. The van der Waals surface area contributed by atoms with Crippen LogP contribution >= 0.6 is 0 Å². The molecule has 0 N–H and O–H groups in total. The van der Waals surface area contributed by atoms with Gasteiger partial charge in [0, 0.05) is 32.8 Å². The van der Waals surface area contributed by atoms with Crippen LogP contribution in [0, 0.1) is 0 Å². The molecule has 0 aliphatic rings. The number of hydrogen-bond donors (Lipinski definition) is 0. The average Bonchev–Trinajstić information content (AvgIpc) is 3.79. The molecule has 2 heterocycles. The molecule has 0 atom stereocenters. The molecule has 0 saturated carbocycles. The van der Waals surface area contributed by atoms with E-state index in [0.717, 1.165) is 5.69 Å². The van der Waals surface area contributed by atoms with E-state index < -0.39 is 0 Å². The highest BCUT2D eigenvalue weighted by Crippen LogP contribution is 2.40. The van der Waals surface area contributed by atoms with E-state index >= 15 is 0 Å². The van der Waals surface area contributed by atoms with E-state index in [1.165, 1.54) is 93.8 Å². The molecule has 2 aromatic heterocycles. The zero-order valence-corrected chi connectivity index (χ0v) is 30.7. The molecule has 0 radical (unpaired) electrons. The van der Waals surface area contributed by atoms with Gasteiger partial charge in [-0.2, -0.15) is 0 Å². The molecule has 0 amide bonds. The van der Waals surface area contributed by atoms with Gasteiger partial charge in [-0.1, -0.05) is 158 Å². The molecule has 9 aromatic carbocycles. The second kappa shape index (κ2) is 13.2. The van der Waals surface area contributed by atoms with Gasteiger partial charge in [0.25, 0.3) is 0 Å². The Hall–Kier alpha value is -7.42. The summed E-state index contributed by atoms with van der Waals surface area (Å²) in [6, 6.07) is 79.4. The fraction of sp³-hybridized carbons (Fsp3) is 0. The van der Waals surface area contributed by atoms with Gasteiger partial charge in [-0.3, -0.25) is 0 Å². The van der Waals surface area contributed by atoms with Crippen molar-refractivity contribution in [2.75, 3.05) is 0 Å². The minimum atomic E-state index is 1.16. The first-order chi connectivity index (χ1) is 27.8. The maximum Gasteiger partial charge on any atom is 0.0541 e. The molecule has 11 rings (SSSR count). The van der Waals surface area contributed by atoms with Crippen molar-refractivity contribution in [2.24, 2.45) is 0 Å². The van der Waals surface area contributed by atoms with E-state index in [9.17, 15) is 0 Å². The van der Waals surface area contributed by atoms with Crippen LogP contribution < -0.4 is 0 Å². The Morgan fingerprint density at radius 3 is 1.21 bits per heavy atom. The Kier molecular flexibility index (Phi) is 7.53. The van der Waals surface area contributed by atoms with Crippen LogP contribution in [-0.4, -0.2) is 9.13 Å². The summed E-state index contributed by atoms with van der Waals surface area (Å²) in [6.07, 6.45) is 0. The van der Waals surface area contributed by atoms with Crippen LogP contribution in [-0.2, 0) is 0 Å². The van der Waals surface area contributed by atoms with Crippen molar-refractivity contribution >= 4 is 43.6 Å². The van der Waals surface area contributed by atoms with Crippen LogP contribution in [0.2, 0.25) is 0 Å². The maximum atomic E-state index is 2.45. The Morgan fingerprint density at radius 2 is 0.625 bits per heavy atom. The van der Waals surface area contributed by atoms with Crippen molar-refractivity contribution < 1.29 is 0 Å². The fourth-order valence-corrected chi connectivity index (χ4v) is 8.67. The van der Waals surface area contributed by atoms with Crippen LogP contribution in [0.3, 0.4) is 0 Å². The van der Waals surface area contributed by atoms with E-state index in [1.54, 1.807) is 0 Å². The number of nitrogens with zero attached hydrogens (tertiary/aromatic N) is 2. The smallest absolute Gasteiger partial charge is 0.0541 e. The van der Waals surface area contributed by atoms with Gasteiger partial charge in [-0.25, -0.2) is 0 Å². The van der Waals surface area contributed by atoms with Crippen molar-refractivity contribution in [3.63, 3.8) is 0 Å². The monoisotopic (exact) mass is 712 g/mol. The molecule has 0 aliphatic heterocycles. The molecular weight excluding hydrogens is 677 g/mol. The van der Waals surface area contributed by atoms with Gasteiger partial charge < -0.3 is 9.13 Å². The van der Waals surface area contributed by atoms with Gasteiger partial charge >= 0.3 is 0 Å². The van der Waals surface area contributed by atoms with E-state index in [1.807, 2.05) is 0 Å².